The van der Waals surface area contributed by atoms with Crippen LogP contribution in [-0.2, 0) is 6.54 Å². The summed E-state index contributed by atoms with van der Waals surface area (Å²) in [6.07, 6.45) is 0. The van der Waals surface area contributed by atoms with Crippen molar-refractivity contribution < 1.29 is 9.13 Å². The van der Waals surface area contributed by atoms with E-state index in [4.69, 9.17) is 4.74 Å². The Morgan fingerprint density at radius 1 is 1.57 bits per heavy atom. The van der Waals surface area contributed by atoms with Gasteiger partial charge < -0.3 is 10.1 Å². The summed E-state index contributed by atoms with van der Waals surface area (Å²) in [5.74, 6) is -0.0717. The lowest BCUT2D eigenvalue weighted by atomic mass is 10.2. The Balaban J connectivity index is 2.74. The zero-order valence-electron chi connectivity index (χ0n) is 8.43. The molecule has 1 aromatic rings. The third-order valence-corrected chi connectivity index (χ3v) is 1.81. The predicted molar refractivity (Wildman–Crippen MR) is 54.6 cm³/mol. The van der Waals surface area contributed by atoms with Crippen LogP contribution in [0.1, 0.15) is 12.5 Å². The summed E-state index contributed by atoms with van der Waals surface area (Å²) >= 11 is 0. The number of halogens is 1. The lowest BCUT2D eigenvalue weighted by Crippen LogP contribution is -2.09. The van der Waals surface area contributed by atoms with Crippen molar-refractivity contribution >= 4 is 0 Å². The normalized spacial score (nSPS) is 9.64. The standard InChI is InChI=1S/C11H14FNO/c1-8(2)13-7-9-4-5-10(12)11(6-9)14-3/h4-6,13H,1,7H2,2-3H3. The van der Waals surface area contributed by atoms with Gasteiger partial charge in [-0.3, -0.25) is 0 Å². The molecule has 0 aliphatic carbocycles. The van der Waals surface area contributed by atoms with E-state index in [1.807, 2.05) is 6.92 Å². The Kier molecular flexibility index (Phi) is 3.51. The third kappa shape index (κ3) is 2.76. The van der Waals surface area contributed by atoms with Crippen molar-refractivity contribution in [3.05, 3.63) is 41.9 Å². The number of hydrogen-bond donors (Lipinski definition) is 1. The number of benzene rings is 1. The molecular formula is C11H14FNO. The molecule has 0 heterocycles. The quantitative estimate of drug-likeness (QED) is 0.796. The number of methoxy groups -OCH3 is 1. The fraction of sp³-hybridized carbons (Fsp3) is 0.273. The molecule has 0 aliphatic rings. The first kappa shape index (κ1) is 10.6. The monoisotopic (exact) mass is 195 g/mol. The molecule has 2 nitrogen and oxygen atoms in total. The summed E-state index contributed by atoms with van der Waals surface area (Å²) in [6, 6.07) is 4.79. The lowest BCUT2D eigenvalue weighted by Gasteiger charge is -2.07. The minimum atomic E-state index is -0.341. The van der Waals surface area contributed by atoms with Crippen LogP contribution in [-0.4, -0.2) is 7.11 Å². The van der Waals surface area contributed by atoms with Crippen LogP contribution in [0, 0.1) is 5.82 Å². The second kappa shape index (κ2) is 4.65. The first-order chi connectivity index (χ1) is 6.63. The zero-order valence-corrected chi connectivity index (χ0v) is 8.43. The maximum absolute atomic E-state index is 13.0. The summed E-state index contributed by atoms with van der Waals surface area (Å²) in [7, 11) is 1.45. The molecule has 3 heteroatoms. The summed E-state index contributed by atoms with van der Waals surface area (Å²) in [6.45, 7) is 6.22. The number of hydrogen-bond acceptors (Lipinski definition) is 2. The van der Waals surface area contributed by atoms with Gasteiger partial charge in [-0.25, -0.2) is 4.39 Å². The van der Waals surface area contributed by atoms with Gasteiger partial charge in [-0.1, -0.05) is 12.6 Å². The minimum Gasteiger partial charge on any atom is -0.494 e. The molecule has 1 rings (SSSR count). The predicted octanol–water partition coefficient (Wildman–Crippen LogP) is 2.46. The second-order valence-electron chi connectivity index (χ2n) is 3.10. The summed E-state index contributed by atoms with van der Waals surface area (Å²) in [5.41, 5.74) is 1.85. The Morgan fingerprint density at radius 2 is 2.29 bits per heavy atom. The SMILES string of the molecule is C=C(C)NCc1ccc(F)c(OC)c1. The third-order valence-electron chi connectivity index (χ3n) is 1.81. The van der Waals surface area contributed by atoms with E-state index in [0.29, 0.717) is 6.54 Å². The average molecular weight is 195 g/mol. The van der Waals surface area contributed by atoms with Crippen molar-refractivity contribution in [2.24, 2.45) is 0 Å². The molecule has 1 N–H and O–H groups in total. The van der Waals surface area contributed by atoms with Crippen LogP contribution in [0.5, 0.6) is 5.75 Å². The summed E-state index contributed by atoms with van der Waals surface area (Å²) < 4.78 is 17.9. The van der Waals surface area contributed by atoms with Crippen LogP contribution >= 0.6 is 0 Å². The van der Waals surface area contributed by atoms with Gasteiger partial charge in [0.2, 0.25) is 0 Å². The molecule has 0 radical (unpaired) electrons. The van der Waals surface area contributed by atoms with Crippen molar-refractivity contribution in [3.63, 3.8) is 0 Å². The average Bonchev–Trinajstić information content (AvgIpc) is 2.16. The zero-order chi connectivity index (χ0) is 10.6. The molecule has 0 bridgehead atoms. The van der Waals surface area contributed by atoms with Gasteiger partial charge in [-0.15, -0.1) is 0 Å². The topological polar surface area (TPSA) is 21.3 Å². The smallest absolute Gasteiger partial charge is 0.165 e. The maximum Gasteiger partial charge on any atom is 0.165 e. The van der Waals surface area contributed by atoms with E-state index < -0.39 is 0 Å². The Hall–Kier alpha value is -1.51. The highest BCUT2D eigenvalue weighted by Crippen LogP contribution is 2.18. The Bertz CT molecular complexity index is 336. The van der Waals surface area contributed by atoms with Crippen LogP contribution in [0.2, 0.25) is 0 Å². The molecule has 0 unspecified atom stereocenters. The van der Waals surface area contributed by atoms with Gasteiger partial charge in [0.25, 0.3) is 0 Å². The number of ether oxygens (including phenoxy) is 1. The first-order valence-electron chi connectivity index (χ1n) is 4.35. The van der Waals surface area contributed by atoms with E-state index in [9.17, 15) is 4.39 Å². The van der Waals surface area contributed by atoms with E-state index in [2.05, 4.69) is 11.9 Å². The largest absolute Gasteiger partial charge is 0.494 e. The van der Waals surface area contributed by atoms with Crippen molar-refractivity contribution in [1.29, 1.82) is 0 Å². The van der Waals surface area contributed by atoms with E-state index >= 15 is 0 Å². The van der Waals surface area contributed by atoms with Gasteiger partial charge in [-0.05, 0) is 24.6 Å². The van der Waals surface area contributed by atoms with Crippen molar-refractivity contribution in [2.75, 3.05) is 7.11 Å². The fourth-order valence-corrected chi connectivity index (χ4v) is 1.07. The molecule has 0 atom stereocenters. The summed E-state index contributed by atoms with van der Waals surface area (Å²) in [4.78, 5) is 0. The molecule has 0 amide bonds. The minimum absolute atomic E-state index is 0.269. The molecule has 14 heavy (non-hydrogen) atoms. The van der Waals surface area contributed by atoms with E-state index in [-0.39, 0.29) is 11.6 Å². The van der Waals surface area contributed by atoms with Crippen molar-refractivity contribution in [2.45, 2.75) is 13.5 Å². The Morgan fingerprint density at radius 3 is 2.86 bits per heavy atom. The Labute approximate surface area is 83.4 Å². The van der Waals surface area contributed by atoms with E-state index in [0.717, 1.165) is 11.3 Å². The highest BCUT2D eigenvalue weighted by Gasteiger charge is 2.02. The molecule has 76 valence electrons. The van der Waals surface area contributed by atoms with Crippen LogP contribution in [0.15, 0.2) is 30.5 Å². The van der Waals surface area contributed by atoms with Crippen LogP contribution in [0.3, 0.4) is 0 Å². The van der Waals surface area contributed by atoms with Gasteiger partial charge in [0.1, 0.15) is 0 Å². The van der Waals surface area contributed by atoms with Gasteiger partial charge in [-0.2, -0.15) is 0 Å². The maximum atomic E-state index is 13.0. The van der Waals surface area contributed by atoms with Crippen LogP contribution in [0.25, 0.3) is 0 Å². The van der Waals surface area contributed by atoms with Gasteiger partial charge in [0, 0.05) is 12.2 Å². The first-order valence-corrected chi connectivity index (χ1v) is 4.35. The van der Waals surface area contributed by atoms with Crippen molar-refractivity contribution in [3.8, 4) is 5.75 Å². The van der Waals surface area contributed by atoms with Gasteiger partial charge >= 0.3 is 0 Å². The number of rotatable bonds is 4. The molecule has 0 spiro atoms. The van der Waals surface area contributed by atoms with E-state index in [1.165, 1.54) is 13.2 Å². The highest BCUT2D eigenvalue weighted by molar-refractivity contribution is 5.30. The molecule has 0 saturated heterocycles. The number of allylic oxidation sites excluding steroid dienone is 1. The molecule has 1 aromatic carbocycles. The van der Waals surface area contributed by atoms with Crippen LogP contribution < -0.4 is 10.1 Å². The summed E-state index contributed by atoms with van der Waals surface area (Å²) in [5, 5.41) is 3.06. The van der Waals surface area contributed by atoms with Crippen LogP contribution in [0.4, 0.5) is 4.39 Å². The highest BCUT2D eigenvalue weighted by atomic mass is 19.1. The molecule has 0 fully saturated rings. The second-order valence-corrected chi connectivity index (χ2v) is 3.10. The molecular weight excluding hydrogens is 181 g/mol. The lowest BCUT2D eigenvalue weighted by molar-refractivity contribution is 0.386. The van der Waals surface area contributed by atoms with E-state index in [1.54, 1.807) is 12.1 Å². The van der Waals surface area contributed by atoms with Gasteiger partial charge in [0.15, 0.2) is 11.6 Å². The fourth-order valence-electron chi connectivity index (χ4n) is 1.07. The molecule has 0 aliphatic heterocycles. The van der Waals surface area contributed by atoms with Gasteiger partial charge in [0.05, 0.1) is 7.11 Å². The van der Waals surface area contributed by atoms with Crippen molar-refractivity contribution in [1.82, 2.24) is 5.32 Å². The molecule has 0 aromatic heterocycles. The molecule has 0 saturated carbocycles. The number of nitrogens with one attached hydrogen (secondary N) is 1.